The first-order valence-electron chi connectivity index (χ1n) is 21.4. The van der Waals surface area contributed by atoms with Crippen molar-refractivity contribution < 1.29 is 31.8 Å². The molecule has 1 aromatic heterocycles. The van der Waals surface area contributed by atoms with Gasteiger partial charge in [-0.25, -0.2) is 12.4 Å². The van der Waals surface area contributed by atoms with Crippen molar-refractivity contribution in [1.82, 2.24) is 3.97 Å². The van der Waals surface area contributed by atoms with Gasteiger partial charge in [-0.15, -0.1) is 0 Å². The molecule has 10 heteroatoms. The summed E-state index contributed by atoms with van der Waals surface area (Å²) in [6.45, 7) is 8.10. The molecule has 6 aromatic carbocycles. The molecule has 0 bridgehead atoms. The number of benzene rings is 6. The van der Waals surface area contributed by atoms with Crippen LogP contribution < -0.4 is 10.4 Å². The Morgan fingerprint density at radius 1 is 0.629 bits per heavy atom. The normalized spacial score (nSPS) is 18.5. The Balaban J connectivity index is 1.10. The number of para-hydroxylation sites is 1. The quantitative estimate of drug-likeness (QED) is 0.0845. The molecule has 0 N–H and O–H groups in total. The number of rotatable bonds is 17. The average molecular weight is 866 g/mol. The van der Waals surface area contributed by atoms with Gasteiger partial charge in [0.05, 0.1) is 42.9 Å². The van der Waals surface area contributed by atoms with E-state index in [9.17, 15) is 8.42 Å². The van der Waals surface area contributed by atoms with E-state index in [2.05, 4.69) is 81.4 Å². The monoisotopic (exact) mass is 865 g/mol. The molecule has 62 heavy (non-hydrogen) atoms. The summed E-state index contributed by atoms with van der Waals surface area (Å²) in [6, 6.07) is 57.6. The van der Waals surface area contributed by atoms with Gasteiger partial charge in [0, 0.05) is 18.0 Å². The largest absolute Gasteiger partial charge is 0.405 e. The van der Waals surface area contributed by atoms with E-state index < -0.39 is 36.8 Å². The van der Waals surface area contributed by atoms with Crippen LogP contribution in [0.2, 0.25) is 5.04 Å². The van der Waals surface area contributed by atoms with E-state index in [0.29, 0.717) is 31.6 Å². The van der Waals surface area contributed by atoms with Crippen LogP contribution in [0.15, 0.2) is 187 Å². The molecule has 0 aliphatic carbocycles. The summed E-state index contributed by atoms with van der Waals surface area (Å²) in [4.78, 5) is 0.230. The number of ether oxygens (including phenoxy) is 4. The molecule has 0 spiro atoms. The minimum absolute atomic E-state index is 0.230. The van der Waals surface area contributed by atoms with Crippen molar-refractivity contribution in [3.05, 3.63) is 199 Å². The Morgan fingerprint density at radius 3 is 1.69 bits per heavy atom. The maximum absolute atomic E-state index is 13.9. The highest BCUT2D eigenvalue weighted by Gasteiger charge is 2.51. The molecule has 1 aliphatic rings. The van der Waals surface area contributed by atoms with Gasteiger partial charge in [0.2, 0.25) is 0 Å². The van der Waals surface area contributed by atoms with Crippen LogP contribution >= 0.6 is 0 Å². The Kier molecular flexibility index (Phi) is 13.7. The molecular weight excluding hydrogens is 811 g/mol. The van der Waals surface area contributed by atoms with Crippen molar-refractivity contribution in [2.75, 3.05) is 13.2 Å². The Bertz CT molecular complexity index is 2550. The van der Waals surface area contributed by atoms with Gasteiger partial charge in [-0.3, -0.25) is 0 Å². The molecule has 0 saturated carbocycles. The highest BCUT2D eigenvalue weighted by Crippen LogP contribution is 2.38. The first-order valence-corrected chi connectivity index (χ1v) is 24.7. The third-order valence-corrected chi connectivity index (χ3v) is 18.4. The average Bonchev–Trinajstić information content (AvgIpc) is 3.69. The van der Waals surface area contributed by atoms with Crippen LogP contribution in [-0.4, -0.2) is 58.5 Å². The number of hydrogen-bond acceptors (Lipinski definition) is 7. The summed E-state index contributed by atoms with van der Waals surface area (Å²) < 4.78 is 63.8. The van der Waals surface area contributed by atoms with E-state index in [0.717, 1.165) is 22.1 Å². The fraction of sp³-hybridized carbons (Fsp3) is 0.269. The smallest absolute Gasteiger partial charge is 0.268 e. The van der Waals surface area contributed by atoms with Crippen LogP contribution in [0.3, 0.4) is 0 Å². The minimum Gasteiger partial charge on any atom is -0.405 e. The van der Waals surface area contributed by atoms with Gasteiger partial charge in [-0.1, -0.05) is 178 Å². The van der Waals surface area contributed by atoms with E-state index in [-0.39, 0.29) is 29.3 Å². The van der Waals surface area contributed by atoms with E-state index in [4.69, 9.17) is 23.4 Å². The first kappa shape index (κ1) is 43.5. The fourth-order valence-electron chi connectivity index (χ4n) is 8.59. The molecule has 7 aromatic rings. The van der Waals surface area contributed by atoms with Crippen molar-refractivity contribution in [1.29, 1.82) is 0 Å². The Labute approximate surface area is 367 Å². The van der Waals surface area contributed by atoms with Crippen LogP contribution in [0, 0.1) is 0 Å². The lowest BCUT2D eigenvalue weighted by atomic mass is 10.0. The lowest BCUT2D eigenvalue weighted by molar-refractivity contribution is -0.286. The second kappa shape index (κ2) is 19.5. The van der Waals surface area contributed by atoms with Crippen molar-refractivity contribution in [3.8, 4) is 0 Å². The summed E-state index contributed by atoms with van der Waals surface area (Å²) in [5.41, 5.74) is 3.57. The SMILES string of the molecule is CC(C)(C)[Si](OC[C@H]1O[C@@H](OCCc2cn(S(=O)(=O)c3ccccc3)c3ccccc23)[C@H](OCc2ccccc2)C[C@@H]1OCc1ccccc1)(c1ccccc1)c1ccccc1. The standard InChI is InChI=1S/C52H55NO7SSi/c1-52(2,3)62(44-27-15-7-16-28-44,45-29-17-8-18-30-45)59-39-50-48(57-37-40-21-9-4-10-22-40)35-49(58-38-41-23-11-5-12-24-41)51(60-50)56-34-33-42-36-53(47-32-20-19-31-46(42)47)61(54,55)43-25-13-6-14-26-43/h4-32,36,48-51H,33-35,37-39H2,1-3H3/t48-,49+,50+,51+/m0/s1. The predicted octanol–water partition coefficient (Wildman–Crippen LogP) is 9.30. The van der Waals surface area contributed by atoms with Crippen LogP contribution in [0.5, 0.6) is 0 Å². The lowest BCUT2D eigenvalue weighted by Crippen LogP contribution is -2.67. The molecule has 320 valence electrons. The predicted molar refractivity (Wildman–Crippen MR) is 248 cm³/mol. The minimum atomic E-state index is -3.83. The number of fused-ring (bicyclic) bond motifs is 1. The summed E-state index contributed by atoms with van der Waals surface area (Å²) in [5, 5.41) is 2.97. The van der Waals surface area contributed by atoms with Crippen LogP contribution in [-0.2, 0) is 53.0 Å². The molecule has 1 fully saturated rings. The van der Waals surface area contributed by atoms with E-state index >= 15 is 0 Å². The van der Waals surface area contributed by atoms with Crippen LogP contribution in [0.25, 0.3) is 10.9 Å². The highest BCUT2D eigenvalue weighted by molar-refractivity contribution is 7.90. The molecule has 8 nitrogen and oxygen atoms in total. The second-order valence-electron chi connectivity index (χ2n) is 16.8. The van der Waals surface area contributed by atoms with Crippen molar-refractivity contribution >= 4 is 39.6 Å². The molecule has 0 amide bonds. The van der Waals surface area contributed by atoms with Crippen molar-refractivity contribution in [2.24, 2.45) is 0 Å². The molecular formula is C52H55NO7SSi. The van der Waals surface area contributed by atoms with Crippen molar-refractivity contribution in [2.45, 2.75) is 81.4 Å². The van der Waals surface area contributed by atoms with E-state index in [1.54, 1.807) is 30.5 Å². The third-order valence-electron chi connectivity index (χ3n) is 11.7. The maximum Gasteiger partial charge on any atom is 0.268 e. The topological polar surface area (TPSA) is 85.2 Å². The number of nitrogens with zero attached hydrogens (tertiary/aromatic N) is 1. The lowest BCUT2D eigenvalue weighted by Gasteiger charge is -2.46. The second-order valence-corrected chi connectivity index (χ2v) is 22.9. The summed E-state index contributed by atoms with van der Waals surface area (Å²) in [5.74, 6) is 0. The fourth-order valence-corrected chi connectivity index (χ4v) is 14.6. The van der Waals surface area contributed by atoms with Gasteiger partial charge in [-0.05, 0) is 56.7 Å². The molecule has 1 saturated heterocycles. The zero-order chi connectivity index (χ0) is 43.0. The van der Waals surface area contributed by atoms with Gasteiger partial charge in [0.1, 0.15) is 12.2 Å². The maximum atomic E-state index is 13.9. The Morgan fingerprint density at radius 2 is 1.13 bits per heavy atom. The van der Waals surface area contributed by atoms with E-state index in [1.165, 1.54) is 14.3 Å². The molecule has 8 rings (SSSR count). The molecule has 0 radical (unpaired) electrons. The molecule has 1 aliphatic heterocycles. The van der Waals surface area contributed by atoms with E-state index in [1.807, 2.05) is 91.0 Å². The number of hydrogen-bond donors (Lipinski definition) is 0. The van der Waals surface area contributed by atoms with Gasteiger partial charge < -0.3 is 23.4 Å². The number of aromatic nitrogens is 1. The summed E-state index contributed by atoms with van der Waals surface area (Å²) in [7, 11) is -6.78. The molecule has 4 atom stereocenters. The summed E-state index contributed by atoms with van der Waals surface area (Å²) in [6.07, 6.45) is 0.558. The molecule has 0 unspecified atom stereocenters. The zero-order valence-electron chi connectivity index (χ0n) is 35.6. The highest BCUT2D eigenvalue weighted by atomic mass is 32.2. The molecule has 2 heterocycles. The van der Waals surface area contributed by atoms with Gasteiger partial charge >= 0.3 is 0 Å². The Hall–Kier alpha value is -5.17. The first-order chi connectivity index (χ1) is 30.1. The zero-order valence-corrected chi connectivity index (χ0v) is 37.4. The van der Waals surface area contributed by atoms with Crippen LogP contribution in [0.4, 0.5) is 0 Å². The van der Waals surface area contributed by atoms with Gasteiger partial charge in [0.15, 0.2) is 6.29 Å². The summed E-state index contributed by atoms with van der Waals surface area (Å²) >= 11 is 0. The van der Waals surface area contributed by atoms with Gasteiger partial charge in [0.25, 0.3) is 18.3 Å². The van der Waals surface area contributed by atoms with Gasteiger partial charge in [-0.2, -0.15) is 0 Å². The van der Waals surface area contributed by atoms with Crippen LogP contribution in [0.1, 0.15) is 43.9 Å². The third kappa shape index (κ3) is 9.57. The van der Waals surface area contributed by atoms with Crippen molar-refractivity contribution in [3.63, 3.8) is 0 Å².